The van der Waals surface area contributed by atoms with Crippen LogP contribution in [-0.4, -0.2) is 68.1 Å². The Bertz CT molecular complexity index is 942. The van der Waals surface area contributed by atoms with Gasteiger partial charge < -0.3 is 14.5 Å². The number of benzene rings is 2. The fraction of sp³-hybridized carbons (Fsp3) is 0.458. The molecule has 1 atom stereocenters. The molecule has 2 fully saturated rings. The summed E-state index contributed by atoms with van der Waals surface area (Å²) in [4.78, 5) is 19.3. The fourth-order valence-electron chi connectivity index (χ4n) is 4.60. The van der Waals surface area contributed by atoms with Crippen LogP contribution in [0.3, 0.4) is 0 Å². The molecule has 2 aliphatic rings. The molecule has 1 amide bonds. The van der Waals surface area contributed by atoms with Crippen molar-refractivity contribution < 1.29 is 22.7 Å². The molecular weight excluding hydrogens is 419 g/mol. The third kappa shape index (κ3) is 5.01. The number of piperidine rings is 1. The van der Waals surface area contributed by atoms with E-state index in [-0.39, 0.29) is 11.9 Å². The van der Waals surface area contributed by atoms with Crippen molar-refractivity contribution in [3.05, 3.63) is 59.7 Å². The molecule has 32 heavy (non-hydrogen) atoms. The molecule has 0 N–H and O–H groups in total. The number of amides is 1. The van der Waals surface area contributed by atoms with Crippen LogP contribution in [0.2, 0.25) is 0 Å². The molecule has 0 unspecified atom stereocenters. The predicted octanol–water partition coefficient (Wildman–Crippen LogP) is 4.14. The molecule has 0 aromatic heterocycles. The predicted molar refractivity (Wildman–Crippen MR) is 117 cm³/mol. The van der Waals surface area contributed by atoms with Gasteiger partial charge in [-0.2, -0.15) is 13.2 Å². The average molecular weight is 448 g/mol. The number of rotatable bonds is 4. The zero-order chi connectivity index (χ0) is 22.7. The number of halogens is 3. The summed E-state index contributed by atoms with van der Waals surface area (Å²) >= 11 is 0. The Hall–Kier alpha value is -2.74. The van der Waals surface area contributed by atoms with E-state index in [1.165, 1.54) is 12.1 Å². The highest BCUT2D eigenvalue weighted by molar-refractivity contribution is 5.94. The number of piperazine rings is 1. The maximum Gasteiger partial charge on any atom is 0.416 e. The number of methoxy groups -OCH3 is 1. The lowest BCUT2D eigenvalue weighted by atomic mass is 10.0. The first-order chi connectivity index (χ1) is 15.3. The standard InChI is InChI=1S/C24H28F3N3O2/c1-32-22-9-2-5-18(15-22)23(31)30-10-4-8-21(17-30)29-13-11-28(12-14-29)20-7-3-6-19(16-20)24(25,26)27/h2-3,5-7,9,15-16,21H,4,8,10-14,17H2,1H3/t21-/m1/s1. The molecule has 4 rings (SSSR count). The summed E-state index contributed by atoms with van der Waals surface area (Å²) in [6, 6.07) is 13.0. The zero-order valence-corrected chi connectivity index (χ0v) is 18.1. The molecule has 0 spiro atoms. The van der Waals surface area contributed by atoms with Gasteiger partial charge in [-0.3, -0.25) is 9.69 Å². The summed E-state index contributed by atoms with van der Waals surface area (Å²) in [6.07, 6.45) is -2.38. The van der Waals surface area contributed by atoms with Crippen molar-refractivity contribution in [1.82, 2.24) is 9.80 Å². The molecular formula is C24H28F3N3O2. The first-order valence-electron chi connectivity index (χ1n) is 10.9. The highest BCUT2D eigenvalue weighted by atomic mass is 19.4. The lowest BCUT2D eigenvalue weighted by Gasteiger charge is -2.44. The van der Waals surface area contributed by atoms with Crippen LogP contribution >= 0.6 is 0 Å². The summed E-state index contributed by atoms with van der Waals surface area (Å²) in [7, 11) is 1.58. The van der Waals surface area contributed by atoms with Crippen molar-refractivity contribution in [3.63, 3.8) is 0 Å². The topological polar surface area (TPSA) is 36.0 Å². The van der Waals surface area contributed by atoms with Crippen LogP contribution in [-0.2, 0) is 6.18 Å². The number of hydrogen-bond acceptors (Lipinski definition) is 4. The van der Waals surface area contributed by atoms with Gasteiger partial charge in [0.1, 0.15) is 5.75 Å². The van der Waals surface area contributed by atoms with E-state index in [4.69, 9.17) is 4.74 Å². The van der Waals surface area contributed by atoms with E-state index >= 15 is 0 Å². The molecule has 0 radical (unpaired) electrons. The SMILES string of the molecule is COc1cccc(C(=O)N2CCC[C@@H](N3CCN(c4cccc(C(F)(F)F)c4)CC3)C2)c1. The van der Waals surface area contributed by atoms with Crippen molar-refractivity contribution in [3.8, 4) is 5.75 Å². The molecule has 0 aliphatic carbocycles. The molecule has 2 aromatic rings. The summed E-state index contributed by atoms with van der Waals surface area (Å²) < 4.78 is 44.4. The zero-order valence-electron chi connectivity index (χ0n) is 18.1. The number of hydrogen-bond donors (Lipinski definition) is 0. The maximum atomic E-state index is 13.0. The van der Waals surface area contributed by atoms with E-state index in [2.05, 4.69) is 4.90 Å². The van der Waals surface area contributed by atoms with Gasteiger partial charge in [0.2, 0.25) is 0 Å². The molecule has 5 nitrogen and oxygen atoms in total. The minimum absolute atomic E-state index is 0.0104. The summed E-state index contributed by atoms with van der Waals surface area (Å²) in [5.74, 6) is 0.673. The fourth-order valence-corrected chi connectivity index (χ4v) is 4.60. The van der Waals surface area contributed by atoms with Crippen LogP contribution in [0.1, 0.15) is 28.8 Å². The van der Waals surface area contributed by atoms with Gasteiger partial charge in [0.25, 0.3) is 5.91 Å². The van der Waals surface area contributed by atoms with E-state index < -0.39 is 11.7 Å². The lowest BCUT2D eigenvalue weighted by molar-refractivity contribution is -0.137. The minimum Gasteiger partial charge on any atom is -0.497 e. The molecule has 172 valence electrons. The van der Waals surface area contributed by atoms with Gasteiger partial charge in [-0.05, 0) is 49.2 Å². The Balaban J connectivity index is 1.36. The highest BCUT2D eigenvalue weighted by Gasteiger charge is 2.33. The summed E-state index contributed by atoms with van der Waals surface area (Å²) in [5.41, 5.74) is 0.619. The Labute approximate surface area is 186 Å². The van der Waals surface area contributed by atoms with Crippen LogP contribution in [0.5, 0.6) is 5.75 Å². The maximum absolute atomic E-state index is 13.0. The molecule has 2 heterocycles. The average Bonchev–Trinajstić information content (AvgIpc) is 2.83. The normalized spacial score (nSPS) is 20.3. The Kier molecular flexibility index (Phi) is 6.60. The first-order valence-corrected chi connectivity index (χ1v) is 10.9. The van der Waals surface area contributed by atoms with Crippen molar-refractivity contribution in [1.29, 1.82) is 0 Å². The van der Waals surface area contributed by atoms with Crippen molar-refractivity contribution >= 4 is 11.6 Å². The smallest absolute Gasteiger partial charge is 0.416 e. The van der Waals surface area contributed by atoms with E-state index in [1.54, 1.807) is 19.2 Å². The van der Waals surface area contributed by atoms with Gasteiger partial charge in [-0.25, -0.2) is 0 Å². The second-order valence-electron chi connectivity index (χ2n) is 8.35. The highest BCUT2D eigenvalue weighted by Crippen LogP contribution is 2.32. The number of alkyl halides is 3. The number of carbonyl (C=O) groups is 1. The van der Waals surface area contributed by atoms with Crippen LogP contribution < -0.4 is 9.64 Å². The van der Waals surface area contributed by atoms with Gasteiger partial charge in [0, 0.05) is 56.6 Å². The molecule has 2 aromatic carbocycles. The van der Waals surface area contributed by atoms with Gasteiger partial charge in [-0.15, -0.1) is 0 Å². The molecule has 0 bridgehead atoms. The summed E-state index contributed by atoms with van der Waals surface area (Å²) in [5, 5.41) is 0. The summed E-state index contributed by atoms with van der Waals surface area (Å²) in [6.45, 7) is 4.27. The Morgan fingerprint density at radius 2 is 1.75 bits per heavy atom. The van der Waals surface area contributed by atoms with Crippen LogP contribution in [0.15, 0.2) is 48.5 Å². The third-order valence-corrected chi connectivity index (χ3v) is 6.37. The quantitative estimate of drug-likeness (QED) is 0.706. The van der Waals surface area contributed by atoms with Crippen LogP contribution in [0, 0.1) is 0 Å². The number of ether oxygens (including phenoxy) is 1. The van der Waals surface area contributed by atoms with Crippen molar-refractivity contribution in [2.75, 3.05) is 51.3 Å². The lowest BCUT2D eigenvalue weighted by Crippen LogP contribution is -2.55. The minimum atomic E-state index is -4.33. The molecule has 2 saturated heterocycles. The second-order valence-corrected chi connectivity index (χ2v) is 8.35. The largest absolute Gasteiger partial charge is 0.497 e. The first kappa shape index (κ1) is 22.5. The van der Waals surface area contributed by atoms with Gasteiger partial charge in [0.15, 0.2) is 0 Å². The van der Waals surface area contributed by atoms with Gasteiger partial charge in [-0.1, -0.05) is 12.1 Å². The third-order valence-electron chi connectivity index (χ3n) is 6.37. The van der Waals surface area contributed by atoms with Gasteiger partial charge in [0.05, 0.1) is 12.7 Å². The van der Waals surface area contributed by atoms with E-state index in [1.807, 2.05) is 28.0 Å². The molecule has 2 aliphatic heterocycles. The number of likely N-dealkylation sites (tertiary alicyclic amines) is 1. The van der Waals surface area contributed by atoms with Crippen molar-refractivity contribution in [2.24, 2.45) is 0 Å². The molecule has 0 saturated carbocycles. The van der Waals surface area contributed by atoms with Crippen molar-refractivity contribution in [2.45, 2.75) is 25.1 Å². The van der Waals surface area contributed by atoms with E-state index in [0.29, 0.717) is 36.6 Å². The van der Waals surface area contributed by atoms with E-state index in [0.717, 1.165) is 38.5 Å². The Morgan fingerprint density at radius 1 is 1.00 bits per heavy atom. The van der Waals surface area contributed by atoms with E-state index in [9.17, 15) is 18.0 Å². The number of anilines is 1. The Morgan fingerprint density at radius 3 is 2.47 bits per heavy atom. The van der Waals surface area contributed by atoms with Crippen LogP contribution in [0.4, 0.5) is 18.9 Å². The molecule has 8 heteroatoms. The second kappa shape index (κ2) is 9.40. The monoisotopic (exact) mass is 447 g/mol. The van der Waals surface area contributed by atoms with Gasteiger partial charge >= 0.3 is 6.18 Å². The van der Waals surface area contributed by atoms with Crippen LogP contribution in [0.25, 0.3) is 0 Å². The number of carbonyl (C=O) groups excluding carboxylic acids is 1. The number of nitrogens with zero attached hydrogens (tertiary/aromatic N) is 3.